The summed E-state index contributed by atoms with van der Waals surface area (Å²) in [6, 6.07) is -0.436. The van der Waals surface area contributed by atoms with Gasteiger partial charge in [-0.2, -0.15) is 12.6 Å². The Bertz CT molecular complexity index is 535. The summed E-state index contributed by atoms with van der Waals surface area (Å²) in [6.45, 7) is 3.91. The van der Waals surface area contributed by atoms with E-state index >= 15 is 0 Å². The summed E-state index contributed by atoms with van der Waals surface area (Å²) < 4.78 is 29.8. The largest absolute Gasteiger partial charge is 0.445 e. The second kappa shape index (κ2) is 8.39. The Kier molecular flexibility index (Phi) is 7.17. The molecule has 0 radical (unpaired) electrons. The molecule has 1 fully saturated rings. The first-order valence-electron chi connectivity index (χ1n) is 6.55. The van der Waals surface area contributed by atoms with Crippen LogP contribution in [0.1, 0.15) is 6.42 Å². The maximum Gasteiger partial charge on any atom is 0.410 e. The second-order valence-electron chi connectivity index (χ2n) is 4.78. The van der Waals surface area contributed by atoms with Crippen molar-refractivity contribution in [3.05, 3.63) is 12.7 Å². The topological polar surface area (TPSA) is 97.3 Å². The molecule has 1 amide bonds. The zero-order valence-electron chi connectivity index (χ0n) is 12.6. The number of likely N-dealkylation sites (tertiary alicyclic amines) is 1. The molecule has 0 unspecified atom stereocenters. The van der Waals surface area contributed by atoms with Crippen LogP contribution in [-0.2, 0) is 19.6 Å². The molecule has 0 aromatic heterocycles. The predicted octanol–water partition coefficient (Wildman–Crippen LogP) is 0.233. The van der Waals surface area contributed by atoms with Gasteiger partial charge >= 0.3 is 6.09 Å². The van der Waals surface area contributed by atoms with Gasteiger partial charge in [-0.15, -0.1) is 0 Å². The number of nitrogens with zero attached hydrogens (tertiary/aromatic N) is 2. The van der Waals surface area contributed by atoms with Gasteiger partial charge in [0.15, 0.2) is 0 Å². The van der Waals surface area contributed by atoms with Crippen LogP contribution in [0, 0.1) is 0 Å². The maximum absolute atomic E-state index is 12.1. The van der Waals surface area contributed by atoms with Crippen molar-refractivity contribution < 1.29 is 22.8 Å². The molecule has 1 rings (SSSR count). The monoisotopic (exact) mass is 351 g/mol. The molecule has 0 spiro atoms. The fraction of sp³-hybridized carbons (Fsp3) is 0.667. The van der Waals surface area contributed by atoms with Crippen LogP contribution in [0.5, 0.6) is 0 Å². The minimum atomic E-state index is -3.39. The first-order chi connectivity index (χ1) is 10.3. The van der Waals surface area contributed by atoms with Crippen molar-refractivity contribution in [3.8, 4) is 0 Å². The number of hydrogen-bond acceptors (Lipinski definition) is 7. The number of rotatable bonds is 7. The van der Waals surface area contributed by atoms with Crippen LogP contribution in [0.3, 0.4) is 0 Å². The van der Waals surface area contributed by atoms with Gasteiger partial charge in [0.2, 0.25) is 10.0 Å². The number of thiol groups is 1. The smallest absolute Gasteiger partial charge is 0.410 e. The van der Waals surface area contributed by atoms with E-state index in [0.29, 0.717) is 18.7 Å². The molecule has 1 heterocycles. The van der Waals surface area contributed by atoms with Gasteiger partial charge in [0.05, 0.1) is 24.6 Å². The quantitative estimate of drug-likeness (QED) is 0.296. The van der Waals surface area contributed by atoms with E-state index in [1.165, 1.54) is 18.1 Å². The van der Waals surface area contributed by atoms with Crippen LogP contribution in [0.4, 0.5) is 4.79 Å². The molecular weight excluding hydrogens is 330 g/mol. The Morgan fingerprint density at radius 3 is 2.82 bits per heavy atom. The molecule has 1 saturated heterocycles. The molecule has 1 N–H and O–H groups in total. The Hall–Kier alpha value is -1.26. The molecule has 8 nitrogen and oxygen atoms in total. The van der Waals surface area contributed by atoms with Crippen LogP contribution >= 0.6 is 12.6 Å². The van der Waals surface area contributed by atoms with Crippen LogP contribution in [-0.4, -0.2) is 69.5 Å². The highest BCUT2D eigenvalue weighted by molar-refractivity contribution is 7.88. The van der Waals surface area contributed by atoms with Crippen molar-refractivity contribution in [1.82, 2.24) is 9.62 Å². The normalized spacial score (nSPS) is 22.5. The fourth-order valence-corrected chi connectivity index (χ4v) is 2.86. The van der Waals surface area contributed by atoms with E-state index in [0.717, 1.165) is 6.26 Å². The molecule has 0 aromatic carbocycles. The van der Waals surface area contributed by atoms with Crippen LogP contribution < -0.4 is 4.72 Å². The lowest BCUT2D eigenvalue weighted by atomic mass is 10.1. The van der Waals surface area contributed by atoms with E-state index in [9.17, 15) is 13.2 Å². The second-order valence-corrected chi connectivity index (χ2v) is 7.35. The van der Waals surface area contributed by atoms with Gasteiger partial charge in [-0.3, -0.25) is 4.90 Å². The van der Waals surface area contributed by atoms with Crippen LogP contribution in [0.25, 0.3) is 0 Å². The molecule has 0 saturated carbocycles. The number of amides is 1. The Labute approximate surface area is 136 Å². The van der Waals surface area contributed by atoms with Crippen molar-refractivity contribution in [2.45, 2.75) is 17.7 Å². The van der Waals surface area contributed by atoms with Gasteiger partial charge in [-0.25, -0.2) is 17.9 Å². The maximum atomic E-state index is 12.1. The zero-order valence-corrected chi connectivity index (χ0v) is 14.3. The van der Waals surface area contributed by atoms with Crippen LogP contribution in [0.2, 0.25) is 0 Å². The van der Waals surface area contributed by atoms with E-state index in [1.807, 2.05) is 0 Å². The van der Waals surface area contributed by atoms with E-state index in [1.54, 1.807) is 0 Å². The van der Waals surface area contributed by atoms with Crippen molar-refractivity contribution in [2.75, 3.05) is 33.1 Å². The molecule has 10 heteroatoms. The molecular formula is C12H21N3O5S2. The lowest BCUT2D eigenvalue weighted by Crippen LogP contribution is -2.45. The van der Waals surface area contributed by atoms with E-state index in [2.05, 4.69) is 29.1 Å². The van der Waals surface area contributed by atoms with Gasteiger partial charge in [0.1, 0.15) is 13.7 Å². The van der Waals surface area contributed by atoms with Crippen molar-refractivity contribution >= 4 is 34.5 Å². The van der Waals surface area contributed by atoms with Gasteiger partial charge in [-0.05, 0) is 6.42 Å². The molecule has 22 heavy (non-hydrogen) atoms. The highest BCUT2D eigenvalue weighted by Gasteiger charge is 2.38. The summed E-state index contributed by atoms with van der Waals surface area (Å²) in [7, 11) is -2.03. The number of ether oxygens (including phenoxy) is 1. The number of oxime groups is 1. The Morgan fingerprint density at radius 1 is 1.59 bits per heavy atom. The lowest BCUT2D eigenvalue weighted by molar-refractivity contribution is 0.115. The molecule has 0 bridgehead atoms. The number of carbonyl (C=O) groups is 1. The Morgan fingerprint density at radius 2 is 2.27 bits per heavy atom. The molecule has 1 aliphatic heterocycles. The highest BCUT2D eigenvalue weighted by Crippen LogP contribution is 2.24. The third-order valence-corrected chi connectivity index (χ3v) is 3.99. The summed E-state index contributed by atoms with van der Waals surface area (Å²) in [5.41, 5.74) is 0.389. The first-order valence-corrected chi connectivity index (χ1v) is 8.96. The minimum absolute atomic E-state index is 0.0525. The third kappa shape index (κ3) is 5.85. The van der Waals surface area contributed by atoms with Crippen molar-refractivity contribution in [3.63, 3.8) is 0 Å². The van der Waals surface area contributed by atoms with E-state index in [4.69, 9.17) is 9.57 Å². The van der Waals surface area contributed by atoms with E-state index in [-0.39, 0.29) is 18.4 Å². The summed E-state index contributed by atoms with van der Waals surface area (Å²) in [4.78, 5) is 18.3. The number of nitrogens with one attached hydrogen (secondary N) is 1. The van der Waals surface area contributed by atoms with Gasteiger partial charge in [-0.1, -0.05) is 17.8 Å². The summed E-state index contributed by atoms with van der Waals surface area (Å²) >= 11 is 4.38. The number of carbonyl (C=O) groups excluding carboxylic acids is 1. The van der Waals surface area contributed by atoms with Gasteiger partial charge < -0.3 is 9.57 Å². The van der Waals surface area contributed by atoms with Gasteiger partial charge in [0, 0.05) is 11.8 Å². The molecule has 126 valence electrons. The van der Waals surface area contributed by atoms with E-state index < -0.39 is 22.2 Å². The SMILES string of the molecule is C=CCOC(=O)N1C[C@@H](S)C[C@H]1/C(CNS(C)(=O)=O)=N/OC. The number of hydrogen-bond donors (Lipinski definition) is 2. The van der Waals surface area contributed by atoms with Crippen LogP contribution in [0.15, 0.2) is 17.8 Å². The first kappa shape index (κ1) is 18.8. The average molecular weight is 351 g/mol. The summed E-state index contributed by atoms with van der Waals surface area (Å²) in [5, 5.41) is 3.79. The molecule has 2 atom stereocenters. The van der Waals surface area contributed by atoms with Gasteiger partial charge in [0.25, 0.3) is 0 Å². The highest BCUT2D eigenvalue weighted by atomic mass is 32.2. The number of sulfonamides is 1. The predicted molar refractivity (Wildman–Crippen MR) is 86.7 cm³/mol. The zero-order chi connectivity index (χ0) is 16.8. The molecule has 0 aliphatic carbocycles. The lowest BCUT2D eigenvalue weighted by Gasteiger charge is -2.24. The summed E-state index contributed by atoms with van der Waals surface area (Å²) in [5.74, 6) is 0. The van der Waals surface area contributed by atoms with Crippen molar-refractivity contribution in [1.29, 1.82) is 0 Å². The minimum Gasteiger partial charge on any atom is -0.445 e. The summed E-state index contributed by atoms with van der Waals surface area (Å²) in [6.07, 6.45) is 2.52. The standard InChI is InChI=1S/C12H21N3O5S2/c1-4-5-20-12(16)15-8-9(21)6-11(15)10(14-19-2)7-13-22(3,17)18/h4,9,11,13,21H,1,5-8H2,2-3H3/b14-10+/t9-,11-/m0/s1. The Balaban J connectivity index is 2.87. The average Bonchev–Trinajstić information content (AvgIpc) is 2.81. The molecule has 1 aliphatic rings. The third-order valence-electron chi connectivity index (χ3n) is 2.95. The fourth-order valence-electron chi connectivity index (χ4n) is 2.08. The van der Waals surface area contributed by atoms with Crippen molar-refractivity contribution in [2.24, 2.45) is 5.16 Å². The molecule has 0 aromatic rings.